The molecule has 1 amide bonds. The van der Waals surface area contributed by atoms with Gasteiger partial charge >= 0.3 is 6.09 Å². The molecule has 5 nitrogen and oxygen atoms in total. The number of hydrogen-bond donors (Lipinski definition) is 2. The smallest absolute Gasteiger partial charge is 0.407 e. The van der Waals surface area contributed by atoms with Crippen LogP contribution in [-0.2, 0) is 4.74 Å². The van der Waals surface area contributed by atoms with E-state index in [2.05, 4.69) is 36.3 Å². The summed E-state index contributed by atoms with van der Waals surface area (Å²) in [5.41, 5.74) is -0.429. The van der Waals surface area contributed by atoms with Crippen LogP contribution < -0.4 is 10.6 Å². The van der Waals surface area contributed by atoms with Gasteiger partial charge in [0.2, 0.25) is 0 Å². The average molecular weight is 358 g/mol. The van der Waals surface area contributed by atoms with Crippen LogP contribution in [0.4, 0.5) is 4.79 Å². The molecule has 0 rings (SSSR count). The van der Waals surface area contributed by atoms with Crippen molar-refractivity contribution in [3.05, 3.63) is 0 Å². The third kappa shape index (κ3) is 15.2. The van der Waals surface area contributed by atoms with Crippen LogP contribution in [0.1, 0.15) is 80.1 Å². The van der Waals surface area contributed by atoms with Crippen LogP contribution in [0.3, 0.4) is 0 Å². The molecule has 150 valence electrons. The summed E-state index contributed by atoms with van der Waals surface area (Å²) in [6.07, 6.45) is 6.53. The highest BCUT2D eigenvalue weighted by molar-refractivity contribution is 5.67. The maximum Gasteiger partial charge on any atom is 0.407 e. The molecule has 0 saturated heterocycles. The van der Waals surface area contributed by atoms with Crippen LogP contribution in [0.2, 0.25) is 0 Å². The summed E-state index contributed by atoms with van der Waals surface area (Å²) < 4.78 is 5.26. The van der Waals surface area contributed by atoms with Gasteiger partial charge in [-0.05, 0) is 72.5 Å². The maximum absolute atomic E-state index is 11.6. The van der Waals surface area contributed by atoms with Gasteiger partial charge in [0.1, 0.15) is 5.60 Å². The van der Waals surface area contributed by atoms with E-state index in [1.54, 1.807) is 0 Å². The third-order valence-corrected chi connectivity index (χ3v) is 3.89. The van der Waals surface area contributed by atoms with E-state index in [0.717, 1.165) is 38.8 Å². The standard InChI is InChI=1S/C20H43N3O2/c1-7-13-21-18(17-23(15-8-2)16-9-3)12-10-11-14-22-19(24)25-20(4,5)6/h18,21H,7-17H2,1-6H3,(H,22,24). The molecule has 0 aromatic heterocycles. The van der Waals surface area contributed by atoms with Crippen LogP contribution in [0.25, 0.3) is 0 Å². The van der Waals surface area contributed by atoms with Gasteiger partial charge in [0.05, 0.1) is 0 Å². The Morgan fingerprint density at radius 3 is 2.16 bits per heavy atom. The Kier molecular flexibility index (Phi) is 13.9. The molecule has 0 aliphatic heterocycles. The fourth-order valence-corrected chi connectivity index (χ4v) is 2.87. The van der Waals surface area contributed by atoms with Gasteiger partial charge in [-0.25, -0.2) is 4.79 Å². The predicted octanol–water partition coefficient (Wildman–Crippen LogP) is 4.17. The molecule has 25 heavy (non-hydrogen) atoms. The first-order valence-corrected chi connectivity index (χ1v) is 10.2. The van der Waals surface area contributed by atoms with Gasteiger partial charge in [0.25, 0.3) is 0 Å². The van der Waals surface area contributed by atoms with Crippen LogP contribution >= 0.6 is 0 Å². The Bertz CT molecular complexity index is 323. The van der Waals surface area contributed by atoms with Crippen LogP contribution in [-0.4, -0.2) is 55.4 Å². The monoisotopic (exact) mass is 357 g/mol. The minimum atomic E-state index is -0.429. The van der Waals surface area contributed by atoms with E-state index in [-0.39, 0.29) is 6.09 Å². The normalized spacial score (nSPS) is 13.1. The molecule has 0 aromatic carbocycles. The molecule has 0 spiro atoms. The molecular formula is C20H43N3O2. The van der Waals surface area contributed by atoms with Crippen molar-refractivity contribution in [2.45, 2.75) is 91.7 Å². The van der Waals surface area contributed by atoms with Crippen molar-refractivity contribution in [1.29, 1.82) is 0 Å². The van der Waals surface area contributed by atoms with Gasteiger partial charge in [-0.3, -0.25) is 0 Å². The first-order chi connectivity index (χ1) is 11.8. The number of carbonyl (C=O) groups excluding carboxylic acids is 1. The summed E-state index contributed by atoms with van der Waals surface area (Å²) >= 11 is 0. The van der Waals surface area contributed by atoms with Crippen molar-refractivity contribution < 1.29 is 9.53 Å². The molecule has 0 aromatic rings. The molecule has 1 unspecified atom stereocenters. The molecule has 0 radical (unpaired) electrons. The number of amides is 1. The zero-order valence-corrected chi connectivity index (χ0v) is 17.6. The Labute approximate surface area is 156 Å². The van der Waals surface area contributed by atoms with E-state index >= 15 is 0 Å². The third-order valence-electron chi connectivity index (χ3n) is 3.89. The van der Waals surface area contributed by atoms with Crippen molar-refractivity contribution in [1.82, 2.24) is 15.5 Å². The molecule has 0 bridgehead atoms. The largest absolute Gasteiger partial charge is 0.444 e. The zero-order chi connectivity index (χ0) is 19.1. The minimum absolute atomic E-state index is 0.315. The zero-order valence-electron chi connectivity index (χ0n) is 17.6. The SMILES string of the molecule is CCCNC(CCCCNC(=O)OC(C)(C)C)CN(CCC)CCC. The summed E-state index contributed by atoms with van der Waals surface area (Å²) in [7, 11) is 0. The Hall–Kier alpha value is -0.810. The van der Waals surface area contributed by atoms with Crippen LogP contribution in [0, 0.1) is 0 Å². The Balaban J connectivity index is 4.11. The summed E-state index contributed by atoms with van der Waals surface area (Å²) in [6, 6.07) is 0.541. The molecule has 2 N–H and O–H groups in total. The van der Waals surface area contributed by atoms with E-state index in [0.29, 0.717) is 12.6 Å². The summed E-state index contributed by atoms with van der Waals surface area (Å²) in [4.78, 5) is 14.2. The molecule has 0 aliphatic rings. The second kappa shape index (κ2) is 14.4. The van der Waals surface area contributed by atoms with Gasteiger partial charge in [0, 0.05) is 19.1 Å². The Morgan fingerprint density at radius 1 is 1.00 bits per heavy atom. The van der Waals surface area contributed by atoms with E-state index < -0.39 is 5.60 Å². The summed E-state index contributed by atoms with van der Waals surface area (Å²) in [5, 5.41) is 6.54. The number of hydrogen-bond acceptors (Lipinski definition) is 4. The highest BCUT2D eigenvalue weighted by atomic mass is 16.6. The number of nitrogens with zero attached hydrogens (tertiary/aromatic N) is 1. The highest BCUT2D eigenvalue weighted by Gasteiger charge is 2.16. The molecule has 0 fully saturated rings. The second-order valence-corrected chi connectivity index (χ2v) is 7.88. The molecule has 0 aliphatic carbocycles. The van der Waals surface area contributed by atoms with E-state index in [4.69, 9.17) is 4.74 Å². The van der Waals surface area contributed by atoms with Gasteiger partial charge in [-0.1, -0.05) is 27.2 Å². The second-order valence-electron chi connectivity index (χ2n) is 7.88. The molecular weight excluding hydrogens is 314 g/mol. The van der Waals surface area contributed by atoms with Crippen LogP contribution in [0.5, 0.6) is 0 Å². The average Bonchev–Trinajstić information content (AvgIpc) is 2.50. The number of carbonyl (C=O) groups is 1. The highest BCUT2D eigenvalue weighted by Crippen LogP contribution is 2.07. The van der Waals surface area contributed by atoms with Crippen molar-refractivity contribution in [2.24, 2.45) is 0 Å². The first kappa shape index (κ1) is 24.2. The number of rotatable bonds is 14. The quantitative estimate of drug-likeness (QED) is 0.458. The topological polar surface area (TPSA) is 53.6 Å². The molecule has 0 heterocycles. The number of unbranched alkanes of at least 4 members (excludes halogenated alkanes) is 1. The van der Waals surface area contributed by atoms with Gasteiger partial charge in [0.15, 0.2) is 0 Å². The first-order valence-electron chi connectivity index (χ1n) is 10.2. The number of alkyl carbamates (subject to hydrolysis) is 1. The molecule has 5 heteroatoms. The van der Waals surface area contributed by atoms with E-state index in [1.165, 1.54) is 25.9 Å². The lowest BCUT2D eigenvalue weighted by molar-refractivity contribution is 0.0527. The summed E-state index contributed by atoms with van der Waals surface area (Å²) in [5.74, 6) is 0. The number of ether oxygens (including phenoxy) is 1. The van der Waals surface area contributed by atoms with Crippen molar-refractivity contribution in [3.8, 4) is 0 Å². The molecule has 0 saturated carbocycles. The fraction of sp³-hybridized carbons (Fsp3) is 0.950. The van der Waals surface area contributed by atoms with Crippen molar-refractivity contribution >= 4 is 6.09 Å². The lowest BCUT2D eigenvalue weighted by Crippen LogP contribution is -2.42. The lowest BCUT2D eigenvalue weighted by Gasteiger charge is -2.28. The van der Waals surface area contributed by atoms with Gasteiger partial charge < -0.3 is 20.3 Å². The fourth-order valence-electron chi connectivity index (χ4n) is 2.87. The molecule has 1 atom stereocenters. The minimum Gasteiger partial charge on any atom is -0.444 e. The predicted molar refractivity (Wildman–Crippen MR) is 107 cm³/mol. The summed E-state index contributed by atoms with van der Waals surface area (Å²) in [6.45, 7) is 17.6. The van der Waals surface area contributed by atoms with E-state index in [9.17, 15) is 4.79 Å². The van der Waals surface area contributed by atoms with Gasteiger partial charge in [-0.15, -0.1) is 0 Å². The maximum atomic E-state index is 11.6. The van der Waals surface area contributed by atoms with E-state index in [1.807, 2.05) is 20.8 Å². The van der Waals surface area contributed by atoms with Crippen LogP contribution in [0.15, 0.2) is 0 Å². The van der Waals surface area contributed by atoms with Crippen molar-refractivity contribution in [3.63, 3.8) is 0 Å². The number of nitrogens with one attached hydrogen (secondary N) is 2. The van der Waals surface area contributed by atoms with Gasteiger partial charge in [-0.2, -0.15) is 0 Å². The van der Waals surface area contributed by atoms with Crippen molar-refractivity contribution in [2.75, 3.05) is 32.7 Å². The lowest BCUT2D eigenvalue weighted by atomic mass is 10.1. The Morgan fingerprint density at radius 2 is 1.64 bits per heavy atom.